The number of ether oxygens (including phenoxy) is 1. The number of hydrogen-bond acceptors (Lipinski definition) is 6. The molecule has 1 aromatic carbocycles. The topological polar surface area (TPSA) is 111 Å². The number of nitrogens with zero attached hydrogens (tertiary/aromatic N) is 3. The zero-order valence-electron chi connectivity index (χ0n) is 27.8. The van der Waals surface area contributed by atoms with Crippen LogP contribution in [0.3, 0.4) is 0 Å². The zero-order chi connectivity index (χ0) is 32.3. The first-order valence-electron chi connectivity index (χ1n) is 17.1. The lowest BCUT2D eigenvalue weighted by molar-refractivity contribution is -0.150. The van der Waals surface area contributed by atoms with Crippen LogP contribution in [0, 0.1) is 5.92 Å². The second-order valence-corrected chi connectivity index (χ2v) is 14.6. The summed E-state index contributed by atoms with van der Waals surface area (Å²) >= 11 is 0. The van der Waals surface area contributed by atoms with E-state index >= 15 is 0 Å². The van der Waals surface area contributed by atoms with Crippen LogP contribution in [-0.4, -0.2) is 95.0 Å². The summed E-state index contributed by atoms with van der Waals surface area (Å²) in [7, 11) is 1.54. The van der Waals surface area contributed by atoms with Gasteiger partial charge in [-0.1, -0.05) is 43.5 Å². The van der Waals surface area contributed by atoms with Crippen molar-refractivity contribution < 1.29 is 23.9 Å². The highest BCUT2D eigenvalue weighted by Gasteiger charge is 2.46. The third-order valence-corrected chi connectivity index (χ3v) is 10.3. The standard InChI is InChI=1S/C35H53N5O5/c1-23(38(5)34(44)45-35(2,3)4)31(41)37-30(25-14-7-6-8-15-25)33(43)40-21-26-17-12-20-39(26)22-29(40)32(42)36-28-19-11-16-24-13-9-10-18-27(24)28/h9-10,13,18,23,25-26,28-30H,6-8,11-12,14-17,19-22H2,1-5H3,(H,36,42)(H,37,41)/t23-,26+,28-,29-,30-/m0/s1. The van der Waals surface area contributed by atoms with Crippen LogP contribution in [0.25, 0.3) is 0 Å². The van der Waals surface area contributed by atoms with Crippen molar-refractivity contribution in [2.45, 2.75) is 128 Å². The van der Waals surface area contributed by atoms with E-state index in [9.17, 15) is 19.2 Å². The molecule has 10 heteroatoms. The molecule has 0 aromatic heterocycles. The van der Waals surface area contributed by atoms with Gasteiger partial charge in [0.15, 0.2) is 0 Å². The molecule has 0 spiro atoms. The third-order valence-electron chi connectivity index (χ3n) is 10.3. The van der Waals surface area contributed by atoms with Gasteiger partial charge in [0.05, 0.1) is 6.04 Å². The maximum Gasteiger partial charge on any atom is 0.410 e. The highest BCUT2D eigenvalue weighted by molar-refractivity contribution is 5.94. The quantitative estimate of drug-likeness (QED) is 0.472. The molecule has 45 heavy (non-hydrogen) atoms. The average molecular weight is 624 g/mol. The number of amides is 4. The molecule has 2 aliphatic carbocycles. The van der Waals surface area contributed by atoms with Gasteiger partial charge in [-0.15, -0.1) is 0 Å². The number of nitrogens with one attached hydrogen (secondary N) is 2. The zero-order valence-corrected chi connectivity index (χ0v) is 27.8. The van der Waals surface area contributed by atoms with Crippen LogP contribution >= 0.6 is 0 Å². The molecule has 2 saturated heterocycles. The molecule has 5 atom stereocenters. The fourth-order valence-electron chi connectivity index (χ4n) is 7.63. The summed E-state index contributed by atoms with van der Waals surface area (Å²) in [6, 6.07) is 6.22. The number of rotatable bonds is 7. The first kappa shape index (κ1) is 33.2. The number of aryl methyl sites for hydroxylation is 1. The Bertz CT molecular complexity index is 1240. The molecule has 2 aliphatic heterocycles. The van der Waals surface area contributed by atoms with Crippen LogP contribution in [0.4, 0.5) is 4.79 Å². The fourth-order valence-corrected chi connectivity index (χ4v) is 7.63. The second-order valence-electron chi connectivity index (χ2n) is 14.6. The minimum absolute atomic E-state index is 0.0234. The lowest BCUT2D eigenvalue weighted by Gasteiger charge is -2.45. The summed E-state index contributed by atoms with van der Waals surface area (Å²) in [5, 5.41) is 6.40. The molecule has 10 nitrogen and oxygen atoms in total. The molecule has 1 aromatic rings. The Morgan fingerprint density at radius 2 is 1.69 bits per heavy atom. The third kappa shape index (κ3) is 7.81. The van der Waals surface area contributed by atoms with E-state index < -0.39 is 35.7 Å². The molecule has 0 bridgehead atoms. The molecule has 4 aliphatic rings. The van der Waals surface area contributed by atoms with E-state index in [1.165, 1.54) is 16.0 Å². The van der Waals surface area contributed by atoms with Crippen molar-refractivity contribution in [3.8, 4) is 0 Å². The number of piperazine rings is 1. The number of carbonyl (C=O) groups excluding carboxylic acids is 4. The fraction of sp³-hybridized carbons (Fsp3) is 0.714. The van der Waals surface area contributed by atoms with Gasteiger partial charge in [-0.25, -0.2) is 4.79 Å². The molecule has 5 rings (SSSR count). The van der Waals surface area contributed by atoms with Gasteiger partial charge in [0.2, 0.25) is 17.7 Å². The van der Waals surface area contributed by atoms with Gasteiger partial charge in [-0.05, 0) is 96.2 Å². The van der Waals surface area contributed by atoms with Crippen LogP contribution in [0.2, 0.25) is 0 Å². The predicted octanol–water partition coefficient (Wildman–Crippen LogP) is 4.18. The van der Waals surface area contributed by atoms with Gasteiger partial charge >= 0.3 is 6.09 Å². The minimum Gasteiger partial charge on any atom is -0.444 e. The van der Waals surface area contributed by atoms with Crippen LogP contribution in [0.5, 0.6) is 0 Å². The number of hydrogen-bond donors (Lipinski definition) is 2. The van der Waals surface area contributed by atoms with Crippen molar-refractivity contribution in [3.05, 3.63) is 35.4 Å². The van der Waals surface area contributed by atoms with Gasteiger partial charge in [-0.3, -0.25) is 24.2 Å². The number of fused-ring (bicyclic) bond motifs is 2. The van der Waals surface area contributed by atoms with Crippen LogP contribution < -0.4 is 10.6 Å². The Morgan fingerprint density at radius 3 is 2.42 bits per heavy atom. The lowest BCUT2D eigenvalue weighted by Crippen LogP contribution is -2.66. The minimum atomic E-state index is -0.837. The van der Waals surface area contributed by atoms with E-state index in [1.54, 1.807) is 39.6 Å². The maximum absolute atomic E-state index is 14.6. The molecular formula is C35H53N5O5. The smallest absolute Gasteiger partial charge is 0.410 e. The van der Waals surface area contributed by atoms with Crippen LogP contribution in [0.15, 0.2) is 24.3 Å². The molecule has 248 valence electrons. The van der Waals surface area contributed by atoms with E-state index in [4.69, 9.17) is 4.74 Å². The van der Waals surface area contributed by atoms with Crippen molar-refractivity contribution in [1.82, 2.24) is 25.3 Å². The van der Waals surface area contributed by atoms with Gasteiger partial charge in [0.25, 0.3) is 0 Å². The highest BCUT2D eigenvalue weighted by Crippen LogP contribution is 2.33. The normalized spacial score (nSPS) is 25.4. The average Bonchev–Trinajstić information content (AvgIpc) is 3.49. The number of likely N-dealkylation sites (N-methyl/N-ethyl adjacent to an activating group) is 1. The number of carbonyl (C=O) groups is 4. The first-order chi connectivity index (χ1) is 21.4. The first-order valence-corrected chi connectivity index (χ1v) is 17.1. The Labute approximate surface area is 268 Å². The summed E-state index contributed by atoms with van der Waals surface area (Å²) in [5.41, 5.74) is 1.75. The van der Waals surface area contributed by atoms with Gasteiger partial charge in [0.1, 0.15) is 23.7 Å². The molecule has 2 heterocycles. The van der Waals surface area contributed by atoms with Crippen molar-refractivity contribution in [2.24, 2.45) is 5.92 Å². The van der Waals surface area contributed by atoms with E-state index in [-0.39, 0.29) is 29.8 Å². The molecule has 4 amide bonds. The van der Waals surface area contributed by atoms with Crippen LogP contribution in [0.1, 0.15) is 103 Å². The van der Waals surface area contributed by atoms with E-state index in [2.05, 4.69) is 27.7 Å². The largest absolute Gasteiger partial charge is 0.444 e. The van der Waals surface area contributed by atoms with Crippen molar-refractivity contribution >= 4 is 23.8 Å². The molecule has 0 radical (unpaired) electrons. The van der Waals surface area contributed by atoms with Gasteiger partial charge in [0, 0.05) is 26.2 Å². The molecular weight excluding hydrogens is 570 g/mol. The van der Waals surface area contributed by atoms with Crippen molar-refractivity contribution in [1.29, 1.82) is 0 Å². The Balaban J connectivity index is 1.36. The van der Waals surface area contributed by atoms with E-state index in [0.717, 1.165) is 70.8 Å². The SMILES string of the molecule is C[C@@H](C(=O)N[C@H](C(=O)N1C[C@H]2CCCN2C[C@H]1C(=O)N[C@H]1CCCc2ccccc21)C1CCCCC1)N(C)C(=O)OC(C)(C)C. The van der Waals surface area contributed by atoms with Crippen molar-refractivity contribution in [3.63, 3.8) is 0 Å². The molecule has 0 unspecified atom stereocenters. The molecule has 1 saturated carbocycles. The monoisotopic (exact) mass is 623 g/mol. The summed E-state index contributed by atoms with van der Waals surface area (Å²) < 4.78 is 5.48. The summed E-state index contributed by atoms with van der Waals surface area (Å²) in [5.74, 6) is -0.725. The summed E-state index contributed by atoms with van der Waals surface area (Å²) in [4.78, 5) is 60.6. The summed E-state index contributed by atoms with van der Waals surface area (Å²) in [6.07, 6.45) is 9.13. The molecule has 3 fully saturated rings. The van der Waals surface area contributed by atoms with E-state index in [1.807, 2.05) is 12.1 Å². The van der Waals surface area contributed by atoms with Crippen LogP contribution in [-0.2, 0) is 25.5 Å². The van der Waals surface area contributed by atoms with Gasteiger partial charge in [-0.2, -0.15) is 0 Å². The Morgan fingerprint density at radius 1 is 0.956 bits per heavy atom. The van der Waals surface area contributed by atoms with Gasteiger partial charge < -0.3 is 20.3 Å². The number of benzene rings is 1. The second kappa shape index (κ2) is 14.1. The van der Waals surface area contributed by atoms with Crippen molar-refractivity contribution in [2.75, 3.05) is 26.7 Å². The Kier molecular flexibility index (Phi) is 10.4. The summed E-state index contributed by atoms with van der Waals surface area (Å²) in [6.45, 7) is 8.91. The molecule has 2 N–H and O–H groups in total. The Hall–Kier alpha value is -3.14. The lowest BCUT2D eigenvalue weighted by atomic mass is 9.82. The maximum atomic E-state index is 14.6. The highest BCUT2D eigenvalue weighted by atomic mass is 16.6. The predicted molar refractivity (Wildman–Crippen MR) is 172 cm³/mol. The van der Waals surface area contributed by atoms with E-state index in [0.29, 0.717) is 13.1 Å².